The van der Waals surface area contributed by atoms with Gasteiger partial charge < -0.3 is 15.4 Å². The van der Waals surface area contributed by atoms with Crippen LogP contribution in [0.25, 0.3) is 0 Å². The molecule has 0 aliphatic carbocycles. The van der Waals surface area contributed by atoms with Gasteiger partial charge in [0.2, 0.25) is 11.8 Å². The van der Waals surface area contributed by atoms with Gasteiger partial charge >= 0.3 is 0 Å². The molecule has 2 rings (SSSR count). The van der Waals surface area contributed by atoms with E-state index in [2.05, 4.69) is 10.6 Å². The highest BCUT2D eigenvalue weighted by atomic mass is 16.5. The zero-order valence-corrected chi connectivity index (χ0v) is 17.3. The van der Waals surface area contributed by atoms with Gasteiger partial charge in [0, 0.05) is 5.69 Å². The van der Waals surface area contributed by atoms with E-state index in [-0.39, 0.29) is 24.9 Å². The van der Waals surface area contributed by atoms with Crippen molar-refractivity contribution in [2.45, 2.75) is 27.7 Å². The van der Waals surface area contributed by atoms with Gasteiger partial charge in [-0.2, -0.15) is 0 Å². The van der Waals surface area contributed by atoms with Crippen molar-refractivity contribution < 1.29 is 14.3 Å². The van der Waals surface area contributed by atoms with Crippen LogP contribution >= 0.6 is 0 Å². The molecule has 28 heavy (non-hydrogen) atoms. The number of ether oxygens (including phenoxy) is 1. The van der Waals surface area contributed by atoms with Crippen LogP contribution in [0.1, 0.15) is 23.6 Å². The van der Waals surface area contributed by atoms with E-state index in [4.69, 9.17) is 4.74 Å². The topological polar surface area (TPSA) is 70.7 Å². The van der Waals surface area contributed by atoms with Crippen LogP contribution in [0.4, 0.5) is 11.4 Å². The van der Waals surface area contributed by atoms with E-state index in [9.17, 15) is 9.59 Å². The number of hydrogen-bond donors (Lipinski definition) is 2. The number of nitrogens with one attached hydrogen (secondary N) is 2. The fourth-order valence-corrected chi connectivity index (χ4v) is 3.14. The number of aryl methyl sites for hydroxylation is 3. The van der Waals surface area contributed by atoms with Crippen LogP contribution in [0.2, 0.25) is 0 Å². The lowest BCUT2D eigenvalue weighted by Crippen LogP contribution is -2.36. The SMILES string of the molecule is CCOc1ccccc1NC(=O)CN(C)CC(=O)Nc1c(C)cc(C)cc1C. The number of nitrogens with zero attached hydrogens (tertiary/aromatic N) is 1. The van der Waals surface area contributed by atoms with E-state index < -0.39 is 0 Å². The van der Waals surface area contributed by atoms with Gasteiger partial charge in [0.25, 0.3) is 0 Å². The second-order valence-corrected chi connectivity index (χ2v) is 6.97. The fourth-order valence-electron chi connectivity index (χ4n) is 3.14. The lowest BCUT2D eigenvalue weighted by atomic mass is 10.1. The number of hydrogen-bond acceptors (Lipinski definition) is 4. The third-order valence-electron chi connectivity index (χ3n) is 4.23. The predicted molar refractivity (Wildman–Crippen MR) is 113 cm³/mol. The first kappa shape index (κ1) is 21.4. The van der Waals surface area contributed by atoms with Gasteiger partial charge in [-0.05, 0) is 58.0 Å². The lowest BCUT2D eigenvalue weighted by Gasteiger charge is -2.18. The summed E-state index contributed by atoms with van der Waals surface area (Å²) in [5.74, 6) is 0.272. The molecular formula is C22H29N3O3. The van der Waals surface area contributed by atoms with Crippen molar-refractivity contribution >= 4 is 23.2 Å². The first-order valence-corrected chi connectivity index (χ1v) is 9.38. The Morgan fingerprint density at radius 1 is 0.964 bits per heavy atom. The molecule has 0 spiro atoms. The number of amides is 2. The molecule has 2 N–H and O–H groups in total. The fraction of sp³-hybridized carbons (Fsp3) is 0.364. The number of likely N-dealkylation sites (N-methyl/N-ethyl adjacent to an activating group) is 1. The molecule has 2 aromatic rings. The quantitative estimate of drug-likeness (QED) is 0.732. The highest BCUT2D eigenvalue weighted by Crippen LogP contribution is 2.24. The van der Waals surface area contributed by atoms with Crippen LogP contribution in [0.15, 0.2) is 36.4 Å². The summed E-state index contributed by atoms with van der Waals surface area (Å²) in [6, 6.07) is 11.4. The summed E-state index contributed by atoms with van der Waals surface area (Å²) in [5, 5.41) is 5.79. The maximum absolute atomic E-state index is 12.4. The van der Waals surface area contributed by atoms with Gasteiger partial charge in [0.1, 0.15) is 5.75 Å². The molecule has 0 aromatic heterocycles. The van der Waals surface area contributed by atoms with E-state index in [0.717, 1.165) is 22.4 Å². The molecule has 0 saturated carbocycles. The Morgan fingerprint density at radius 2 is 1.54 bits per heavy atom. The Bertz CT molecular complexity index is 826. The normalized spacial score (nSPS) is 10.6. The summed E-state index contributed by atoms with van der Waals surface area (Å²) < 4.78 is 5.51. The van der Waals surface area contributed by atoms with Crippen LogP contribution < -0.4 is 15.4 Å². The molecule has 2 amide bonds. The summed E-state index contributed by atoms with van der Waals surface area (Å²) in [4.78, 5) is 26.4. The maximum Gasteiger partial charge on any atom is 0.238 e. The number of carbonyl (C=O) groups is 2. The predicted octanol–water partition coefficient (Wildman–Crippen LogP) is 3.52. The monoisotopic (exact) mass is 383 g/mol. The van der Waals surface area contributed by atoms with Gasteiger partial charge in [-0.3, -0.25) is 14.5 Å². The number of carbonyl (C=O) groups excluding carboxylic acids is 2. The largest absolute Gasteiger partial charge is 0.492 e. The average molecular weight is 383 g/mol. The maximum atomic E-state index is 12.4. The first-order chi connectivity index (χ1) is 13.3. The van der Waals surface area contributed by atoms with E-state index in [1.165, 1.54) is 0 Å². The Balaban J connectivity index is 1.90. The molecule has 6 heteroatoms. The number of anilines is 2. The second kappa shape index (κ2) is 9.90. The Labute approximate surface area is 166 Å². The summed E-state index contributed by atoms with van der Waals surface area (Å²) >= 11 is 0. The third-order valence-corrected chi connectivity index (χ3v) is 4.23. The number of benzene rings is 2. The van der Waals surface area contributed by atoms with E-state index in [0.29, 0.717) is 18.0 Å². The molecule has 0 fully saturated rings. The molecule has 150 valence electrons. The molecule has 0 aliphatic heterocycles. The number of rotatable bonds is 8. The van der Waals surface area contributed by atoms with E-state index in [1.807, 2.05) is 58.0 Å². The molecule has 6 nitrogen and oxygen atoms in total. The molecule has 0 radical (unpaired) electrons. The van der Waals surface area contributed by atoms with Crippen LogP contribution in [0.5, 0.6) is 5.75 Å². The summed E-state index contributed by atoms with van der Waals surface area (Å²) in [6.45, 7) is 8.60. The molecule has 0 bridgehead atoms. The summed E-state index contributed by atoms with van der Waals surface area (Å²) in [5.41, 5.74) is 4.67. The molecule has 2 aromatic carbocycles. The van der Waals surface area contributed by atoms with Crippen molar-refractivity contribution in [3.05, 3.63) is 53.1 Å². The van der Waals surface area contributed by atoms with Crippen molar-refractivity contribution in [1.29, 1.82) is 0 Å². The third kappa shape index (κ3) is 6.09. The molecule has 0 heterocycles. The van der Waals surface area contributed by atoms with Crippen molar-refractivity contribution in [1.82, 2.24) is 4.90 Å². The summed E-state index contributed by atoms with van der Waals surface area (Å²) in [6.07, 6.45) is 0. The molecule has 0 saturated heterocycles. The zero-order valence-electron chi connectivity index (χ0n) is 17.3. The minimum absolute atomic E-state index is 0.0970. The average Bonchev–Trinajstić information content (AvgIpc) is 2.59. The minimum Gasteiger partial charge on any atom is -0.492 e. The Morgan fingerprint density at radius 3 is 2.14 bits per heavy atom. The first-order valence-electron chi connectivity index (χ1n) is 9.38. The van der Waals surface area contributed by atoms with E-state index in [1.54, 1.807) is 18.0 Å². The van der Waals surface area contributed by atoms with Crippen LogP contribution in [-0.2, 0) is 9.59 Å². The van der Waals surface area contributed by atoms with Crippen LogP contribution in [0, 0.1) is 20.8 Å². The Hall–Kier alpha value is -2.86. The molecule has 0 atom stereocenters. The number of para-hydroxylation sites is 2. The molecular weight excluding hydrogens is 354 g/mol. The second-order valence-electron chi connectivity index (χ2n) is 6.97. The van der Waals surface area contributed by atoms with Gasteiger partial charge in [-0.1, -0.05) is 29.8 Å². The highest BCUT2D eigenvalue weighted by Gasteiger charge is 2.14. The van der Waals surface area contributed by atoms with Crippen molar-refractivity contribution in [2.75, 3.05) is 37.4 Å². The van der Waals surface area contributed by atoms with Gasteiger partial charge in [-0.15, -0.1) is 0 Å². The smallest absolute Gasteiger partial charge is 0.238 e. The molecule has 0 unspecified atom stereocenters. The highest BCUT2D eigenvalue weighted by molar-refractivity contribution is 5.96. The van der Waals surface area contributed by atoms with E-state index >= 15 is 0 Å². The van der Waals surface area contributed by atoms with Crippen LogP contribution in [0.3, 0.4) is 0 Å². The Kier molecular flexibility index (Phi) is 7.58. The van der Waals surface area contributed by atoms with Crippen molar-refractivity contribution in [3.63, 3.8) is 0 Å². The van der Waals surface area contributed by atoms with Gasteiger partial charge in [0.05, 0.1) is 25.4 Å². The standard InChI is InChI=1S/C22H29N3O3/c1-6-28-19-10-8-7-9-18(19)23-20(26)13-25(5)14-21(27)24-22-16(3)11-15(2)12-17(22)4/h7-12H,6,13-14H2,1-5H3,(H,23,26)(H,24,27). The van der Waals surface area contributed by atoms with Crippen molar-refractivity contribution in [2.24, 2.45) is 0 Å². The molecule has 0 aliphatic rings. The van der Waals surface area contributed by atoms with Crippen molar-refractivity contribution in [3.8, 4) is 5.75 Å². The van der Waals surface area contributed by atoms with Gasteiger partial charge in [0.15, 0.2) is 0 Å². The summed E-state index contributed by atoms with van der Waals surface area (Å²) in [7, 11) is 1.74. The minimum atomic E-state index is -0.204. The van der Waals surface area contributed by atoms with Crippen LogP contribution in [-0.4, -0.2) is 43.5 Å². The van der Waals surface area contributed by atoms with Gasteiger partial charge in [-0.25, -0.2) is 0 Å². The zero-order chi connectivity index (χ0) is 20.7. The lowest BCUT2D eigenvalue weighted by molar-refractivity contribution is -0.119.